The van der Waals surface area contributed by atoms with Crippen LogP contribution in [0.4, 0.5) is 9.59 Å². The number of rotatable bonds is 9. The molecule has 0 aromatic heterocycles. The number of β-lactam (4-membered cyclic amide) rings is 1. The quantitative estimate of drug-likeness (QED) is 0.181. The Kier molecular flexibility index (Phi) is 8.29. The molecular weight excluding hydrogens is 464 g/mol. The summed E-state index contributed by atoms with van der Waals surface area (Å²) < 4.78 is 19.6. The van der Waals surface area contributed by atoms with Gasteiger partial charge in [0.15, 0.2) is 0 Å². The number of ether oxygens (including phenoxy) is 4. The summed E-state index contributed by atoms with van der Waals surface area (Å²) in [5, 5.41) is 2.14. The van der Waals surface area contributed by atoms with Gasteiger partial charge in [-0.15, -0.1) is 11.8 Å². The fraction of sp³-hybridized carbons (Fsp3) is 0.565. The number of unbranched alkanes of at least 4 members (excludes halogenated alkanes) is 1. The second-order valence-corrected chi connectivity index (χ2v) is 10.3. The number of esters is 1. The van der Waals surface area contributed by atoms with Crippen LogP contribution in [0.5, 0.6) is 0 Å². The first-order chi connectivity index (χ1) is 16.1. The van der Waals surface area contributed by atoms with Crippen LogP contribution >= 0.6 is 11.8 Å². The summed E-state index contributed by atoms with van der Waals surface area (Å²) in [5.41, 5.74) is 0.823. The molecule has 2 saturated heterocycles. The smallest absolute Gasteiger partial charge is 0.445 e. The molecule has 1 aromatic rings. The minimum absolute atomic E-state index is 0.0777. The number of benzene rings is 1. The zero-order valence-corrected chi connectivity index (χ0v) is 20.5. The molecular formula is C23H30N2O8S. The number of hydrogen-bond acceptors (Lipinski definition) is 9. The highest BCUT2D eigenvalue weighted by Gasteiger charge is 2.64. The molecule has 1 aromatic carbocycles. The molecule has 34 heavy (non-hydrogen) atoms. The van der Waals surface area contributed by atoms with Gasteiger partial charge in [-0.1, -0.05) is 43.7 Å². The van der Waals surface area contributed by atoms with Gasteiger partial charge in [-0.05, 0) is 25.8 Å². The predicted octanol–water partition coefficient (Wildman–Crippen LogP) is 3.19. The van der Waals surface area contributed by atoms with Gasteiger partial charge in [0.05, 0.1) is 6.61 Å². The third-order valence-electron chi connectivity index (χ3n) is 5.41. The van der Waals surface area contributed by atoms with Gasteiger partial charge in [-0.25, -0.2) is 14.4 Å². The van der Waals surface area contributed by atoms with Crippen molar-refractivity contribution in [3.8, 4) is 0 Å². The molecule has 0 aliphatic carbocycles. The zero-order chi connectivity index (χ0) is 24.9. The maximum absolute atomic E-state index is 12.9. The van der Waals surface area contributed by atoms with Crippen molar-refractivity contribution in [2.75, 3.05) is 6.61 Å². The van der Waals surface area contributed by atoms with Gasteiger partial charge in [0.2, 0.25) is 12.2 Å². The van der Waals surface area contributed by atoms with E-state index < -0.39 is 52.6 Å². The Labute approximate surface area is 202 Å². The highest BCUT2D eigenvalue weighted by atomic mass is 32.2. The Morgan fingerprint density at radius 1 is 1.15 bits per heavy atom. The van der Waals surface area contributed by atoms with Crippen molar-refractivity contribution in [2.45, 2.75) is 75.6 Å². The Morgan fingerprint density at radius 2 is 1.85 bits per heavy atom. The predicted molar refractivity (Wildman–Crippen MR) is 123 cm³/mol. The third kappa shape index (κ3) is 5.94. The van der Waals surface area contributed by atoms with E-state index in [0.29, 0.717) is 6.42 Å². The number of nitrogens with zero attached hydrogens (tertiary/aromatic N) is 1. The summed E-state index contributed by atoms with van der Waals surface area (Å²) >= 11 is 1.38. The first-order valence-corrected chi connectivity index (χ1v) is 12.0. The van der Waals surface area contributed by atoms with Crippen molar-refractivity contribution in [2.24, 2.45) is 0 Å². The van der Waals surface area contributed by atoms with Crippen LogP contribution in [-0.2, 0) is 35.1 Å². The van der Waals surface area contributed by atoms with Gasteiger partial charge < -0.3 is 29.2 Å². The van der Waals surface area contributed by atoms with E-state index in [4.69, 9.17) is 18.9 Å². The zero-order valence-electron chi connectivity index (χ0n) is 19.6. The molecule has 2 heterocycles. The number of amides is 2. The average molecular weight is 495 g/mol. The second kappa shape index (κ2) is 11.0. The van der Waals surface area contributed by atoms with Crippen LogP contribution in [0.3, 0.4) is 0 Å². The Bertz CT molecular complexity index is 909. The van der Waals surface area contributed by atoms with Crippen LogP contribution in [0, 0.1) is 0 Å². The highest BCUT2D eigenvalue weighted by molar-refractivity contribution is 8.01. The lowest BCUT2D eigenvalue weighted by molar-refractivity contribution is -0.180. The maximum Gasteiger partial charge on any atom is 0.511 e. The van der Waals surface area contributed by atoms with Gasteiger partial charge in [0, 0.05) is 11.7 Å². The fourth-order valence-corrected chi connectivity index (χ4v) is 5.36. The molecule has 2 fully saturated rings. The first kappa shape index (κ1) is 25.7. The number of fused-ring (bicyclic) bond motifs is 1. The van der Waals surface area contributed by atoms with Crippen LogP contribution in [0.25, 0.3) is 0 Å². The Morgan fingerprint density at radius 3 is 2.53 bits per heavy atom. The summed E-state index contributed by atoms with van der Waals surface area (Å²) in [5.74, 6) is -1.11. The van der Waals surface area contributed by atoms with Crippen molar-refractivity contribution in [1.29, 1.82) is 0 Å². The third-order valence-corrected chi connectivity index (χ3v) is 6.98. The molecule has 0 bridgehead atoms. The highest BCUT2D eigenvalue weighted by Crippen LogP contribution is 2.51. The number of carbonyl (C=O) groups excluding carboxylic acids is 4. The van der Waals surface area contributed by atoms with Crippen LogP contribution in [0.2, 0.25) is 0 Å². The number of carbonyl (C=O) groups is 4. The van der Waals surface area contributed by atoms with E-state index in [2.05, 4.69) is 5.32 Å². The standard InChI is InChI=1S/C23H30N2O8S/c1-5-6-12-30-22(29)33-14(2)32-20(27)17-23(3,4)34-19-16(18(26)25(17)19)24-21(28)31-13-15-10-8-7-9-11-15/h7-11,14,16-17,19H,5-6,12-13H2,1-4H3,(H,24,28)/t14?,16-,17+,19-/m1/s1. The maximum atomic E-state index is 12.9. The summed E-state index contributed by atoms with van der Waals surface area (Å²) in [6.45, 7) is 7.27. The lowest BCUT2D eigenvalue weighted by Crippen LogP contribution is -2.70. The van der Waals surface area contributed by atoms with Crippen molar-refractivity contribution >= 4 is 35.9 Å². The van der Waals surface area contributed by atoms with E-state index >= 15 is 0 Å². The number of nitrogens with one attached hydrogen (secondary N) is 1. The molecule has 2 amide bonds. The Balaban J connectivity index is 1.52. The van der Waals surface area contributed by atoms with E-state index in [-0.39, 0.29) is 13.2 Å². The molecule has 1 unspecified atom stereocenters. The van der Waals surface area contributed by atoms with Gasteiger partial charge in [0.1, 0.15) is 24.1 Å². The molecule has 3 rings (SSSR count). The summed E-state index contributed by atoms with van der Waals surface area (Å²) in [6.07, 6.45) is -1.26. The average Bonchev–Trinajstić information content (AvgIpc) is 3.04. The largest absolute Gasteiger partial charge is 0.511 e. The van der Waals surface area contributed by atoms with Gasteiger partial charge in [-0.3, -0.25) is 4.79 Å². The van der Waals surface area contributed by atoms with E-state index in [0.717, 1.165) is 12.0 Å². The molecule has 2 aliphatic rings. The minimum Gasteiger partial charge on any atom is -0.445 e. The van der Waals surface area contributed by atoms with Crippen LogP contribution < -0.4 is 5.32 Å². The van der Waals surface area contributed by atoms with Gasteiger partial charge in [0.25, 0.3) is 0 Å². The first-order valence-electron chi connectivity index (χ1n) is 11.1. The molecule has 186 valence electrons. The van der Waals surface area contributed by atoms with E-state index in [9.17, 15) is 19.2 Å². The van der Waals surface area contributed by atoms with E-state index in [1.54, 1.807) is 0 Å². The topological polar surface area (TPSA) is 120 Å². The van der Waals surface area contributed by atoms with E-state index in [1.165, 1.54) is 23.6 Å². The molecule has 0 saturated carbocycles. The lowest BCUT2D eigenvalue weighted by Gasteiger charge is -2.43. The lowest BCUT2D eigenvalue weighted by atomic mass is 9.96. The van der Waals surface area contributed by atoms with Crippen molar-refractivity contribution in [3.05, 3.63) is 35.9 Å². The minimum atomic E-state index is -1.18. The monoisotopic (exact) mass is 494 g/mol. The van der Waals surface area contributed by atoms with Crippen molar-refractivity contribution in [3.63, 3.8) is 0 Å². The van der Waals surface area contributed by atoms with E-state index in [1.807, 2.05) is 51.1 Å². The molecule has 1 N–H and O–H groups in total. The summed E-state index contributed by atoms with van der Waals surface area (Å²) in [4.78, 5) is 50.9. The molecule has 4 atom stereocenters. The molecule has 0 radical (unpaired) electrons. The summed E-state index contributed by atoms with van der Waals surface area (Å²) in [7, 11) is 0. The Hall–Kier alpha value is -2.95. The van der Waals surface area contributed by atoms with Gasteiger partial charge in [-0.2, -0.15) is 0 Å². The van der Waals surface area contributed by atoms with Crippen LogP contribution in [0.1, 0.15) is 46.1 Å². The number of thioether (sulfide) groups is 1. The fourth-order valence-electron chi connectivity index (χ4n) is 3.74. The molecule has 10 nitrogen and oxygen atoms in total. The van der Waals surface area contributed by atoms with Crippen molar-refractivity contribution in [1.82, 2.24) is 10.2 Å². The molecule has 2 aliphatic heterocycles. The SMILES string of the molecule is CCCCOC(=O)OC(C)OC(=O)[C@@H]1N2C(=O)[C@@H](NC(=O)OCc3ccccc3)[C@H]2SC1(C)C. The second-order valence-electron chi connectivity index (χ2n) is 8.52. The van der Waals surface area contributed by atoms with Gasteiger partial charge >= 0.3 is 18.2 Å². The molecule has 0 spiro atoms. The number of hydrogen-bond donors (Lipinski definition) is 1. The van der Waals surface area contributed by atoms with Crippen LogP contribution in [0.15, 0.2) is 30.3 Å². The van der Waals surface area contributed by atoms with Crippen molar-refractivity contribution < 1.29 is 38.1 Å². The molecule has 11 heteroatoms. The number of alkyl carbamates (subject to hydrolysis) is 1. The normalized spacial score (nSPS) is 23.2. The summed E-state index contributed by atoms with van der Waals surface area (Å²) in [6, 6.07) is 7.46. The van der Waals surface area contributed by atoms with Crippen LogP contribution in [-0.4, -0.2) is 64.1 Å².